The van der Waals surface area contributed by atoms with Crippen molar-refractivity contribution in [3.05, 3.63) is 58.4 Å². The Morgan fingerprint density at radius 2 is 2.05 bits per heavy atom. The molecule has 3 rings (SSSR count). The van der Waals surface area contributed by atoms with Crippen molar-refractivity contribution in [2.45, 2.75) is 25.9 Å². The lowest BCUT2D eigenvalue weighted by molar-refractivity contribution is -0.118. The molecule has 1 aliphatic rings. The second-order valence-electron chi connectivity index (χ2n) is 5.16. The molecule has 1 aromatic carbocycles. The summed E-state index contributed by atoms with van der Waals surface area (Å²) in [4.78, 5) is 16.5. The van der Waals surface area contributed by atoms with Crippen LogP contribution in [-0.2, 0) is 17.8 Å². The highest BCUT2D eigenvalue weighted by atomic mass is 35.5. The summed E-state index contributed by atoms with van der Waals surface area (Å²) in [6, 6.07) is 11.4. The number of pyridine rings is 1. The molecule has 0 unspecified atom stereocenters. The first-order valence-corrected chi connectivity index (χ1v) is 7.25. The Labute approximate surface area is 128 Å². The number of carbonyl (C=O) groups is 1. The number of aromatic nitrogens is 1. The third kappa shape index (κ3) is 3.06. The quantitative estimate of drug-likeness (QED) is 0.839. The predicted molar refractivity (Wildman–Crippen MR) is 83.4 cm³/mol. The molecule has 0 saturated heterocycles. The number of amides is 1. The van der Waals surface area contributed by atoms with E-state index in [1.54, 1.807) is 12.1 Å². The number of fused-ring (bicyclic) bond motifs is 1. The van der Waals surface area contributed by atoms with Gasteiger partial charge in [-0.3, -0.25) is 4.79 Å². The van der Waals surface area contributed by atoms with Crippen molar-refractivity contribution in [1.82, 2.24) is 10.3 Å². The Bertz CT molecular complexity index is 687. The number of anilines is 1. The molecule has 0 fully saturated rings. The van der Waals surface area contributed by atoms with E-state index in [1.807, 2.05) is 19.1 Å². The molecule has 1 amide bonds. The van der Waals surface area contributed by atoms with E-state index in [1.165, 1.54) is 11.1 Å². The lowest BCUT2D eigenvalue weighted by atomic mass is 9.95. The SMILES string of the molecule is Cc1nc(Cl)ccc1NC(=O)[C@@H]1Cc2ccccc2CN1. The number of halogens is 1. The molecule has 0 saturated carbocycles. The normalized spacial score (nSPS) is 17.1. The number of hydrogen-bond donors (Lipinski definition) is 2. The fraction of sp³-hybridized carbons (Fsp3) is 0.250. The van der Waals surface area contributed by atoms with Gasteiger partial charge in [0.05, 0.1) is 17.4 Å². The van der Waals surface area contributed by atoms with E-state index < -0.39 is 0 Å². The summed E-state index contributed by atoms with van der Waals surface area (Å²) >= 11 is 5.82. The van der Waals surface area contributed by atoms with Crippen molar-refractivity contribution in [1.29, 1.82) is 0 Å². The highest BCUT2D eigenvalue weighted by Crippen LogP contribution is 2.19. The Morgan fingerprint density at radius 1 is 1.29 bits per heavy atom. The second-order valence-corrected chi connectivity index (χ2v) is 5.55. The molecule has 1 atom stereocenters. The van der Waals surface area contributed by atoms with Crippen LogP contribution in [0.5, 0.6) is 0 Å². The fourth-order valence-corrected chi connectivity index (χ4v) is 2.71. The number of carbonyl (C=O) groups excluding carboxylic acids is 1. The topological polar surface area (TPSA) is 54.0 Å². The third-order valence-electron chi connectivity index (χ3n) is 3.71. The number of nitrogens with one attached hydrogen (secondary N) is 2. The zero-order valence-corrected chi connectivity index (χ0v) is 12.4. The summed E-state index contributed by atoms with van der Waals surface area (Å²) in [6.45, 7) is 2.54. The highest BCUT2D eigenvalue weighted by Gasteiger charge is 2.24. The van der Waals surface area contributed by atoms with Crippen LogP contribution in [-0.4, -0.2) is 16.9 Å². The van der Waals surface area contributed by atoms with Gasteiger partial charge in [-0.05, 0) is 36.6 Å². The molecule has 0 aliphatic carbocycles. The summed E-state index contributed by atoms with van der Waals surface area (Å²) in [5, 5.41) is 6.61. The average Bonchev–Trinajstić information content (AvgIpc) is 2.49. The average molecular weight is 302 g/mol. The predicted octanol–water partition coefficient (Wildman–Crippen LogP) is 2.70. The summed E-state index contributed by atoms with van der Waals surface area (Å²) in [5.41, 5.74) is 3.89. The number of nitrogens with zero attached hydrogens (tertiary/aromatic N) is 1. The van der Waals surface area contributed by atoms with Gasteiger partial charge in [0.2, 0.25) is 5.91 Å². The van der Waals surface area contributed by atoms with E-state index in [0.29, 0.717) is 29.5 Å². The van der Waals surface area contributed by atoms with Crippen LogP contribution in [0.4, 0.5) is 5.69 Å². The van der Waals surface area contributed by atoms with Gasteiger partial charge in [0.25, 0.3) is 0 Å². The van der Waals surface area contributed by atoms with Gasteiger partial charge in [0.1, 0.15) is 5.15 Å². The number of rotatable bonds is 2. The van der Waals surface area contributed by atoms with Gasteiger partial charge in [0.15, 0.2) is 0 Å². The molecular weight excluding hydrogens is 286 g/mol. The van der Waals surface area contributed by atoms with Gasteiger partial charge in [0, 0.05) is 6.54 Å². The van der Waals surface area contributed by atoms with Crippen LogP contribution in [0.3, 0.4) is 0 Å². The third-order valence-corrected chi connectivity index (χ3v) is 3.92. The van der Waals surface area contributed by atoms with E-state index in [0.717, 1.165) is 0 Å². The largest absolute Gasteiger partial charge is 0.323 e. The summed E-state index contributed by atoms with van der Waals surface area (Å²) < 4.78 is 0. The maximum Gasteiger partial charge on any atom is 0.241 e. The number of hydrogen-bond acceptors (Lipinski definition) is 3. The first-order chi connectivity index (χ1) is 10.1. The molecule has 1 aliphatic heterocycles. The minimum absolute atomic E-state index is 0.0447. The van der Waals surface area contributed by atoms with Crippen LogP contribution >= 0.6 is 11.6 Å². The molecule has 2 heterocycles. The molecule has 1 aromatic heterocycles. The fourth-order valence-electron chi connectivity index (χ4n) is 2.52. The molecule has 108 valence electrons. The maximum absolute atomic E-state index is 12.4. The Morgan fingerprint density at radius 3 is 2.81 bits per heavy atom. The van der Waals surface area contributed by atoms with Crippen LogP contribution in [0.1, 0.15) is 16.8 Å². The van der Waals surface area contributed by atoms with E-state index in [2.05, 4.69) is 27.8 Å². The molecule has 5 heteroatoms. The van der Waals surface area contributed by atoms with E-state index in [-0.39, 0.29) is 11.9 Å². The van der Waals surface area contributed by atoms with Gasteiger partial charge in [-0.1, -0.05) is 35.9 Å². The first-order valence-electron chi connectivity index (χ1n) is 6.87. The van der Waals surface area contributed by atoms with Gasteiger partial charge in [-0.2, -0.15) is 0 Å². The lowest BCUT2D eigenvalue weighted by Gasteiger charge is -2.25. The molecule has 2 aromatic rings. The molecule has 0 bridgehead atoms. The first kappa shape index (κ1) is 14.0. The molecule has 21 heavy (non-hydrogen) atoms. The highest BCUT2D eigenvalue weighted by molar-refractivity contribution is 6.29. The molecule has 0 radical (unpaired) electrons. The maximum atomic E-state index is 12.4. The second kappa shape index (κ2) is 5.84. The van der Waals surface area contributed by atoms with E-state index in [9.17, 15) is 4.79 Å². The van der Waals surface area contributed by atoms with E-state index >= 15 is 0 Å². The number of aryl methyl sites for hydroxylation is 1. The monoisotopic (exact) mass is 301 g/mol. The van der Waals surface area contributed by atoms with Gasteiger partial charge >= 0.3 is 0 Å². The molecule has 0 spiro atoms. The summed E-state index contributed by atoms with van der Waals surface area (Å²) in [7, 11) is 0. The molecular formula is C16H16ClN3O. The van der Waals surface area contributed by atoms with Crippen LogP contribution in [0.15, 0.2) is 36.4 Å². The van der Waals surface area contributed by atoms with Crippen molar-refractivity contribution < 1.29 is 4.79 Å². The van der Waals surface area contributed by atoms with Gasteiger partial charge in [-0.15, -0.1) is 0 Å². The summed E-state index contributed by atoms with van der Waals surface area (Å²) in [5.74, 6) is -0.0447. The number of benzene rings is 1. The van der Waals surface area contributed by atoms with Crippen molar-refractivity contribution in [3.63, 3.8) is 0 Å². The van der Waals surface area contributed by atoms with Crippen LogP contribution in [0, 0.1) is 6.92 Å². The molecule has 2 N–H and O–H groups in total. The minimum atomic E-state index is -0.227. The smallest absolute Gasteiger partial charge is 0.241 e. The van der Waals surface area contributed by atoms with Crippen molar-refractivity contribution in [2.24, 2.45) is 0 Å². The van der Waals surface area contributed by atoms with E-state index in [4.69, 9.17) is 11.6 Å². The molecule has 4 nitrogen and oxygen atoms in total. The van der Waals surface area contributed by atoms with Crippen LogP contribution < -0.4 is 10.6 Å². The minimum Gasteiger partial charge on any atom is -0.323 e. The zero-order valence-electron chi connectivity index (χ0n) is 11.7. The van der Waals surface area contributed by atoms with Crippen molar-refractivity contribution >= 4 is 23.2 Å². The van der Waals surface area contributed by atoms with Crippen molar-refractivity contribution in [3.8, 4) is 0 Å². The lowest BCUT2D eigenvalue weighted by Crippen LogP contribution is -2.44. The van der Waals surface area contributed by atoms with Crippen LogP contribution in [0.25, 0.3) is 0 Å². The van der Waals surface area contributed by atoms with Gasteiger partial charge < -0.3 is 10.6 Å². The Kier molecular flexibility index (Phi) is 3.90. The Balaban J connectivity index is 1.72. The standard InChI is InChI=1S/C16H16ClN3O/c1-10-13(6-7-15(17)19-10)20-16(21)14-8-11-4-2-3-5-12(11)9-18-14/h2-7,14,18H,8-9H2,1H3,(H,20,21)/t14-/m0/s1. The van der Waals surface area contributed by atoms with Crippen molar-refractivity contribution in [2.75, 3.05) is 5.32 Å². The zero-order chi connectivity index (χ0) is 14.8. The van der Waals surface area contributed by atoms with Gasteiger partial charge in [-0.25, -0.2) is 4.98 Å². The van der Waals surface area contributed by atoms with Crippen LogP contribution in [0.2, 0.25) is 5.15 Å². The Hall–Kier alpha value is -1.91. The summed E-state index contributed by atoms with van der Waals surface area (Å²) in [6.07, 6.45) is 0.697.